The molecule has 0 saturated carbocycles. The van der Waals surface area contributed by atoms with E-state index in [1.807, 2.05) is 13.0 Å². The molecule has 0 atom stereocenters. The average molecular weight is 317 g/mol. The number of rotatable bonds is 7. The highest BCUT2D eigenvalue weighted by Crippen LogP contribution is 2.24. The van der Waals surface area contributed by atoms with Crippen LogP contribution in [0.3, 0.4) is 0 Å². The first-order valence-electron chi connectivity index (χ1n) is 6.28. The summed E-state index contributed by atoms with van der Waals surface area (Å²) in [7, 11) is -3.83. The molecule has 5 nitrogen and oxygen atoms in total. The summed E-state index contributed by atoms with van der Waals surface area (Å²) in [5.41, 5.74) is 0.0499. The van der Waals surface area contributed by atoms with Crippen LogP contribution in [0.25, 0.3) is 0 Å². The number of halogens is 1. The molecule has 0 aliphatic rings. The van der Waals surface area contributed by atoms with Crippen molar-refractivity contribution in [2.24, 2.45) is 0 Å². The Balaban J connectivity index is 3.25. The Morgan fingerprint density at radius 2 is 2.10 bits per heavy atom. The lowest BCUT2D eigenvalue weighted by Gasteiger charge is -2.21. The van der Waals surface area contributed by atoms with Crippen LogP contribution in [-0.2, 0) is 10.0 Å². The fourth-order valence-corrected chi connectivity index (χ4v) is 3.61. The third-order valence-corrected chi connectivity index (χ3v) is 4.97. The molecular formula is C13H17ClN2O3S. The van der Waals surface area contributed by atoms with Gasteiger partial charge in [-0.15, -0.1) is 0 Å². The summed E-state index contributed by atoms with van der Waals surface area (Å²) in [4.78, 5) is -0.114. The Morgan fingerprint density at radius 3 is 2.65 bits per heavy atom. The summed E-state index contributed by atoms with van der Waals surface area (Å²) in [5, 5.41) is 18.3. The number of hydrogen-bond donors (Lipinski definition) is 1. The van der Waals surface area contributed by atoms with Gasteiger partial charge in [0.25, 0.3) is 0 Å². The minimum Gasteiger partial charge on any atom is -0.395 e. The third-order valence-electron chi connectivity index (χ3n) is 2.79. The van der Waals surface area contributed by atoms with E-state index in [9.17, 15) is 8.42 Å². The standard InChI is InChI=1S/C13H17ClN2O3S/c1-2-3-6-16(7-8-17)20(18,19)13-9-12(14)5-4-11(13)10-15/h4-5,9,17H,2-3,6-8H2,1H3. The van der Waals surface area contributed by atoms with Crippen molar-refractivity contribution in [2.75, 3.05) is 19.7 Å². The third kappa shape index (κ3) is 3.93. The van der Waals surface area contributed by atoms with E-state index >= 15 is 0 Å². The molecule has 110 valence electrons. The Labute approximate surface area is 124 Å². The van der Waals surface area contributed by atoms with E-state index in [4.69, 9.17) is 22.0 Å². The number of nitriles is 1. The molecule has 0 aromatic heterocycles. The lowest BCUT2D eigenvalue weighted by Crippen LogP contribution is -2.34. The van der Waals surface area contributed by atoms with Crippen LogP contribution in [0.15, 0.2) is 23.1 Å². The molecule has 1 N–H and O–H groups in total. The quantitative estimate of drug-likeness (QED) is 0.834. The van der Waals surface area contributed by atoms with Gasteiger partial charge < -0.3 is 5.11 Å². The summed E-state index contributed by atoms with van der Waals surface area (Å²) >= 11 is 5.82. The monoisotopic (exact) mass is 316 g/mol. The topological polar surface area (TPSA) is 81.4 Å². The molecule has 0 unspecified atom stereocenters. The normalized spacial score (nSPS) is 11.6. The van der Waals surface area contributed by atoms with Gasteiger partial charge in [-0.3, -0.25) is 0 Å². The summed E-state index contributed by atoms with van der Waals surface area (Å²) in [6.45, 7) is 1.98. The van der Waals surface area contributed by atoms with Crippen molar-refractivity contribution in [3.63, 3.8) is 0 Å². The molecule has 0 saturated heterocycles. The van der Waals surface area contributed by atoms with Gasteiger partial charge in [-0.25, -0.2) is 8.42 Å². The number of hydrogen-bond acceptors (Lipinski definition) is 4. The molecule has 0 aliphatic carbocycles. The van der Waals surface area contributed by atoms with Gasteiger partial charge >= 0.3 is 0 Å². The van der Waals surface area contributed by atoms with E-state index in [2.05, 4.69) is 0 Å². The molecular weight excluding hydrogens is 300 g/mol. The largest absolute Gasteiger partial charge is 0.395 e. The minimum absolute atomic E-state index is 0.000283. The summed E-state index contributed by atoms with van der Waals surface area (Å²) in [6, 6.07) is 5.98. The molecule has 0 radical (unpaired) electrons. The van der Waals surface area contributed by atoms with Crippen molar-refractivity contribution >= 4 is 21.6 Å². The molecule has 1 rings (SSSR count). The Hall–Kier alpha value is -1.13. The first kappa shape index (κ1) is 16.9. The van der Waals surface area contributed by atoms with E-state index in [1.165, 1.54) is 22.5 Å². The number of aliphatic hydroxyl groups excluding tert-OH is 1. The second-order valence-corrected chi connectivity index (χ2v) is 6.58. The van der Waals surface area contributed by atoms with Crippen LogP contribution in [0.2, 0.25) is 5.02 Å². The van der Waals surface area contributed by atoms with Crippen molar-refractivity contribution in [3.05, 3.63) is 28.8 Å². The Bertz CT molecular complexity index is 596. The predicted molar refractivity (Wildman–Crippen MR) is 76.9 cm³/mol. The maximum absolute atomic E-state index is 12.6. The van der Waals surface area contributed by atoms with Crippen LogP contribution in [0, 0.1) is 11.3 Å². The maximum Gasteiger partial charge on any atom is 0.244 e. The van der Waals surface area contributed by atoms with Gasteiger partial charge in [-0.05, 0) is 24.6 Å². The fourth-order valence-electron chi connectivity index (χ4n) is 1.74. The molecule has 0 amide bonds. The van der Waals surface area contributed by atoms with E-state index in [1.54, 1.807) is 0 Å². The summed E-state index contributed by atoms with van der Waals surface area (Å²) in [6.07, 6.45) is 1.51. The predicted octanol–water partition coefficient (Wildman–Crippen LogP) is 1.99. The highest BCUT2D eigenvalue weighted by atomic mass is 35.5. The molecule has 0 fully saturated rings. The molecule has 0 bridgehead atoms. The SMILES string of the molecule is CCCCN(CCO)S(=O)(=O)c1cc(Cl)ccc1C#N. The lowest BCUT2D eigenvalue weighted by molar-refractivity contribution is 0.252. The van der Waals surface area contributed by atoms with E-state index in [0.29, 0.717) is 13.0 Å². The highest BCUT2D eigenvalue weighted by Gasteiger charge is 2.26. The zero-order valence-electron chi connectivity index (χ0n) is 11.2. The zero-order valence-corrected chi connectivity index (χ0v) is 12.8. The van der Waals surface area contributed by atoms with Gasteiger partial charge in [0, 0.05) is 18.1 Å². The summed E-state index contributed by atoms with van der Waals surface area (Å²) in [5.74, 6) is 0. The molecule has 1 aromatic carbocycles. The van der Waals surface area contributed by atoms with E-state index in [-0.39, 0.29) is 28.6 Å². The first-order chi connectivity index (χ1) is 9.47. The van der Waals surface area contributed by atoms with Gasteiger partial charge in [0.2, 0.25) is 10.0 Å². The number of unbranched alkanes of at least 4 members (excludes halogenated alkanes) is 1. The second-order valence-electron chi connectivity index (χ2n) is 4.23. The van der Waals surface area contributed by atoms with Crippen molar-refractivity contribution < 1.29 is 13.5 Å². The molecule has 0 spiro atoms. The summed E-state index contributed by atoms with van der Waals surface area (Å²) < 4.78 is 26.3. The van der Waals surface area contributed by atoms with Crippen molar-refractivity contribution in [3.8, 4) is 6.07 Å². The molecule has 7 heteroatoms. The van der Waals surface area contributed by atoms with Gasteiger partial charge in [-0.2, -0.15) is 9.57 Å². The lowest BCUT2D eigenvalue weighted by atomic mass is 10.2. The van der Waals surface area contributed by atoms with Crippen molar-refractivity contribution in [1.82, 2.24) is 4.31 Å². The van der Waals surface area contributed by atoms with Crippen LogP contribution in [0.1, 0.15) is 25.3 Å². The molecule has 1 aromatic rings. The van der Waals surface area contributed by atoms with Crippen LogP contribution >= 0.6 is 11.6 Å². The Morgan fingerprint density at radius 1 is 1.40 bits per heavy atom. The number of nitrogens with zero attached hydrogens (tertiary/aromatic N) is 2. The Kier molecular flexibility index (Phi) is 6.43. The maximum atomic E-state index is 12.6. The van der Waals surface area contributed by atoms with Crippen molar-refractivity contribution in [1.29, 1.82) is 5.26 Å². The minimum atomic E-state index is -3.83. The van der Waals surface area contributed by atoms with Crippen LogP contribution < -0.4 is 0 Å². The molecule has 20 heavy (non-hydrogen) atoms. The van der Waals surface area contributed by atoms with Crippen LogP contribution in [-0.4, -0.2) is 37.5 Å². The van der Waals surface area contributed by atoms with Crippen LogP contribution in [0.5, 0.6) is 0 Å². The molecule has 0 aliphatic heterocycles. The van der Waals surface area contributed by atoms with Gasteiger partial charge in [0.15, 0.2) is 0 Å². The first-order valence-corrected chi connectivity index (χ1v) is 8.09. The van der Waals surface area contributed by atoms with Crippen molar-refractivity contribution in [2.45, 2.75) is 24.7 Å². The number of aliphatic hydroxyl groups is 1. The number of benzene rings is 1. The number of sulfonamides is 1. The highest BCUT2D eigenvalue weighted by molar-refractivity contribution is 7.89. The van der Waals surface area contributed by atoms with E-state index < -0.39 is 10.0 Å². The second kappa shape index (κ2) is 7.60. The van der Waals surface area contributed by atoms with Crippen LogP contribution in [0.4, 0.5) is 0 Å². The van der Waals surface area contributed by atoms with Gasteiger partial charge in [-0.1, -0.05) is 24.9 Å². The van der Waals surface area contributed by atoms with Gasteiger partial charge in [0.05, 0.1) is 12.2 Å². The smallest absolute Gasteiger partial charge is 0.244 e. The zero-order chi connectivity index (χ0) is 15.2. The van der Waals surface area contributed by atoms with Gasteiger partial charge in [0.1, 0.15) is 11.0 Å². The molecule has 0 heterocycles. The van der Waals surface area contributed by atoms with E-state index in [0.717, 1.165) is 6.42 Å². The average Bonchev–Trinajstić information content (AvgIpc) is 2.43. The fraction of sp³-hybridized carbons (Fsp3) is 0.462.